The SMILES string of the molecule is CCCCCCCCNc1cc(C(=O)O)cc(C(C)C)n1. The van der Waals surface area contributed by atoms with E-state index in [4.69, 9.17) is 5.11 Å². The van der Waals surface area contributed by atoms with Gasteiger partial charge in [-0.15, -0.1) is 0 Å². The van der Waals surface area contributed by atoms with Gasteiger partial charge in [-0.1, -0.05) is 52.9 Å². The van der Waals surface area contributed by atoms with Crippen molar-refractivity contribution < 1.29 is 9.90 Å². The van der Waals surface area contributed by atoms with Gasteiger partial charge in [0.15, 0.2) is 0 Å². The summed E-state index contributed by atoms with van der Waals surface area (Å²) in [4.78, 5) is 15.6. The van der Waals surface area contributed by atoms with Crippen molar-refractivity contribution in [3.05, 3.63) is 23.4 Å². The second kappa shape index (κ2) is 9.37. The zero-order valence-electron chi connectivity index (χ0n) is 13.5. The molecule has 0 aliphatic rings. The first-order valence-electron chi connectivity index (χ1n) is 8.03. The van der Waals surface area contributed by atoms with Crippen LogP contribution in [0.1, 0.15) is 81.3 Å². The van der Waals surface area contributed by atoms with E-state index in [9.17, 15) is 4.79 Å². The Hall–Kier alpha value is -1.58. The maximum atomic E-state index is 11.1. The molecule has 1 rings (SSSR count). The molecule has 0 atom stereocenters. The number of carbonyl (C=O) groups is 1. The van der Waals surface area contributed by atoms with E-state index >= 15 is 0 Å². The maximum Gasteiger partial charge on any atom is 0.335 e. The minimum atomic E-state index is -0.901. The Morgan fingerprint density at radius 2 is 1.86 bits per heavy atom. The van der Waals surface area contributed by atoms with Crippen molar-refractivity contribution in [2.75, 3.05) is 11.9 Å². The third-order valence-electron chi connectivity index (χ3n) is 3.52. The van der Waals surface area contributed by atoms with Gasteiger partial charge in [0.2, 0.25) is 0 Å². The fourth-order valence-electron chi connectivity index (χ4n) is 2.18. The molecule has 0 aliphatic heterocycles. The van der Waals surface area contributed by atoms with E-state index in [0.29, 0.717) is 11.4 Å². The van der Waals surface area contributed by atoms with Gasteiger partial charge in [-0.2, -0.15) is 0 Å². The van der Waals surface area contributed by atoms with Gasteiger partial charge in [-0.25, -0.2) is 9.78 Å². The van der Waals surface area contributed by atoms with Gasteiger partial charge in [0, 0.05) is 12.2 Å². The molecule has 1 heterocycles. The molecule has 4 nitrogen and oxygen atoms in total. The van der Waals surface area contributed by atoms with Crippen molar-refractivity contribution in [2.45, 2.75) is 65.2 Å². The summed E-state index contributed by atoms with van der Waals surface area (Å²) in [5.74, 6) is -0.00651. The summed E-state index contributed by atoms with van der Waals surface area (Å²) in [5.41, 5.74) is 1.12. The van der Waals surface area contributed by atoms with E-state index in [1.54, 1.807) is 12.1 Å². The van der Waals surface area contributed by atoms with Crippen molar-refractivity contribution in [1.82, 2.24) is 4.98 Å². The molecule has 0 aliphatic carbocycles. The number of hydrogen-bond acceptors (Lipinski definition) is 3. The molecule has 1 aromatic rings. The molecule has 2 N–H and O–H groups in total. The summed E-state index contributed by atoms with van der Waals surface area (Å²) in [6, 6.07) is 3.27. The third-order valence-corrected chi connectivity index (χ3v) is 3.52. The van der Waals surface area contributed by atoms with Gasteiger partial charge in [-0.3, -0.25) is 0 Å². The van der Waals surface area contributed by atoms with E-state index in [-0.39, 0.29) is 5.92 Å². The molecular weight excluding hydrogens is 264 g/mol. The van der Waals surface area contributed by atoms with Crippen LogP contribution in [0.15, 0.2) is 12.1 Å². The lowest BCUT2D eigenvalue weighted by Crippen LogP contribution is -2.08. The van der Waals surface area contributed by atoms with E-state index in [1.165, 1.54) is 32.1 Å². The second-order valence-electron chi connectivity index (χ2n) is 5.82. The largest absolute Gasteiger partial charge is 0.478 e. The van der Waals surface area contributed by atoms with Crippen LogP contribution in [0.4, 0.5) is 5.82 Å². The van der Waals surface area contributed by atoms with Gasteiger partial charge in [0.1, 0.15) is 5.82 Å². The van der Waals surface area contributed by atoms with Crippen LogP contribution in [-0.2, 0) is 0 Å². The summed E-state index contributed by atoms with van der Waals surface area (Å²) in [5, 5.41) is 12.4. The van der Waals surface area contributed by atoms with Crippen LogP contribution >= 0.6 is 0 Å². The minimum absolute atomic E-state index is 0.221. The first kappa shape index (κ1) is 17.5. The van der Waals surface area contributed by atoms with E-state index < -0.39 is 5.97 Å². The number of carboxylic acid groups (broad SMARTS) is 1. The first-order valence-corrected chi connectivity index (χ1v) is 8.03. The van der Waals surface area contributed by atoms with Gasteiger partial charge in [-0.05, 0) is 24.5 Å². The van der Waals surface area contributed by atoms with Gasteiger partial charge in [0.05, 0.1) is 5.56 Å². The third kappa shape index (κ3) is 6.61. The smallest absolute Gasteiger partial charge is 0.335 e. The average Bonchev–Trinajstić information content (AvgIpc) is 2.46. The Morgan fingerprint density at radius 3 is 2.48 bits per heavy atom. The van der Waals surface area contributed by atoms with E-state index in [2.05, 4.69) is 17.2 Å². The lowest BCUT2D eigenvalue weighted by molar-refractivity contribution is 0.0696. The quantitative estimate of drug-likeness (QED) is 0.615. The highest BCUT2D eigenvalue weighted by atomic mass is 16.4. The Kier molecular flexibility index (Phi) is 7.80. The van der Waals surface area contributed by atoms with Gasteiger partial charge >= 0.3 is 5.97 Å². The number of nitrogens with zero attached hydrogens (tertiary/aromatic N) is 1. The van der Waals surface area contributed by atoms with E-state index in [1.807, 2.05) is 13.8 Å². The van der Waals surface area contributed by atoms with Gasteiger partial charge in [0.25, 0.3) is 0 Å². The molecule has 0 radical (unpaired) electrons. The van der Waals surface area contributed by atoms with Crippen LogP contribution in [0.25, 0.3) is 0 Å². The fraction of sp³-hybridized carbons (Fsp3) is 0.647. The van der Waals surface area contributed by atoms with Crippen molar-refractivity contribution in [1.29, 1.82) is 0 Å². The average molecular weight is 292 g/mol. The lowest BCUT2D eigenvalue weighted by atomic mass is 10.1. The highest BCUT2D eigenvalue weighted by Gasteiger charge is 2.10. The zero-order valence-corrected chi connectivity index (χ0v) is 13.5. The van der Waals surface area contributed by atoms with Crippen molar-refractivity contribution in [3.63, 3.8) is 0 Å². The number of hydrogen-bond donors (Lipinski definition) is 2. The molecule has 0 saturated heterocycles. The summed E-state index contributed by atoms with van der Waals surface area (Å²) in [6.07, 6.45) is 7.47. The molecule has 21 heavy (non-hydrogen) atoms. The number of nitrogens with one attached hydrogen (secondary N) is 1. The number of aromatic carboxylic acids is 1. The van der Waals surface area contributed by atoms with Crippen LogP contribution in [0, 0.1) is 0 Å². The molecule has 0 amide bonds. The number of aromatic nitrogens is 1. The number of rotatable bonds is 10. The van der Waals surface area contributed by atoms with Crippen LogP contribution in [0.2, 0.25) is 0 Å². The van der Waals surface area contributed by atoms with Gasteiger partial charge < -0.3 is 10.4 Å². The second-order valence-corrected chi connectivity index (χ2v) is 5.82. The van der Waals surface area contributed by atoms with Crippen LogP contribution in [-0.4, -0.2) is 22.6 Å². The van der Waals surface area contributed by atoms with Crippen molar-refractivity contribution in [3.8, 4) is 0 Å². The molecule has 0 unspecified atom stereocenters. The van der Waals surface area contributed by atoms with Crippen molar-refractivity contribution in [2.24, 2.45) is 0 Å². The number of carboxylic acids is 1. The van der Waals surface area contributed by atoms with Crippen LogP contribution < -0.4 is 5.32 Å². The minimum Gasteiger partial charge on any atom is -0.478 e. The van der Waals surface area contributed by atoms with Crippen LogP contribution in [0.5, 0.6) is 0 Å². The standard InChI is InChI=1S/C17H28N2O2/c1-4-5-6-7-8-9-10-18-16-12-14(17(20)21)11-15(19-16)13(2)3/h11-13H,4-10H2,1-3H3,(H,18,19)(H,20,21). The maximum absolute atomic E-state index is 11.1. The topological polar surface area (TPSA) is 62.2 Å². The number of pyridine rings is 1. The molecule has 0 spiro atoms. The molecular formula is C17H28N2O2. The molecule has 0 bridgehead atoms. The molecule has 0 aromatic carbocycles. The molecule has 118 valence electrons. The molecule has 4 heteroatoms. The summed E-state index contributed by atoms with van der Waals surface area (Å²) in [6.45, 7) is 7.10. The summed E-state index contributed by atoms with van der Waals surface area (Å²) in [7, 11) is 0. The zero-order chi connectivity index (χ0) is 15.7. The number of anilines is 1. The Balaban J connectivity index is 2.48. The van der Waals surface area contributed by atoms with Crippen LogP contribution in [0.3, 0.4) is 0 Å². The fourth-order valence-corrected chi connectivity index (χ4v) is 2.18. The Bertz CT molecular complexity index is 444. The highest BCUT2D eigenvalue weighted by Crippen LogP contribution is 2.18. The Labute approximate surface area is 128 Å². The van der Waals surface area contributed by atoms with E-state index in [0.717, 1.165) is 18.7 Å². The Morgan fingerprint density at radius 1 is 1.19 bits per heavy atom. The predicted octanol–water partition coefficient (Wildman–Crippen LogP) is 4.68. The predicted molar refractivity (Wildman–Crippen MR) is 87.2 cm³/mol. The first-order chi connectivity index (χ1) is 10.0. The highest BCUT2D eigenvalue weighted by molar-refractivity contribution is 5.88. The molecule has 0 fully saturated rings. The normalized spacial score (nSPS) is 10.9. The molecule has 0 saturated carbocycles. The summed E-state index contributed by atoms with van der Waals surface area (Å²) >= 11 is 0. The summed E-state index contributed by atoms with van der Waals surface area (Å²) < 4.78 is 0. The lowest BCUT2D eigenvalue weighted by Gasteiger charge is -2.11. The molecule has 1 aromatic heterocycles. The monoisotopic (exact) mass is 292 g/mol. The number of unbranched alkanes of at least 4 members (excludes halogenated alkanes) is 5. The van der Waals surface area contributed by atoms with Crippen molar-refractivity contribution >= 4 is 11.8 Å².